The molecule has 4 rings (SSSR count). The van der Waals surface area contributed by atoms with E-state index in [1.165, 1.54) is 23.4 Å². The van der Waals surface area contributed by atoms with Gasteiger partial charge in [-0.05, 0) is 68.0 Å². The number of hydrogen-bond donors (Lipinski definition) is 1. The molecule has 0 amide bonds. The number of alkyl halides is 3. The maximum Gasteiger partial charge on any atom is 0.544 e. The highest BCUT2D eigenvalue weighted by molar-refractivity contribution is 7.43. The number of anilines is 1. The van der Waals surface area contributed by atoms with Crippen LogP contribution in [0.15, 0.2) is 70.8 Å². The van der Waals surface area contributed by atoms with E-state index in [-0.39, 0.29) is 29.5 Å². The molecule has 39 heavy (non-hydrogen) atoms. The highest BCUT2D eigenvalue weighted by atomic mass is 31.1. The van der Waals surface area contributed by atoms with E-state index in [0.29, 0.717) is 17.9 Å². The molecule has 2 bridgehead atoms. The molecular formula is C29H35F3N2O4P+. The number of halogens is 3. The molecule has 0 fully saturated rings. The van der Waals surface area contributed by atoms with Gasteiger partial charge in [-0.2, -0.15) is 18.1 Å². The van der Waals surface area contributed by atoms with Crippen LogP contribution < -0.4 is 4.90 Å². The zero-order valence-electron chi connectivity index (χ0n) is 23.1. The lowest BCUT2D eigenvalue weighted by atomic mass is 9.68. The van der Waals surface area contributed by atoms with Gasteiger partial charge in [0.05, 0.1) is 23.4 Å². The first-order valence-electron chi connectivity index (χ1n) is 12.8. The molecule has 0 saturated carbocycles. The topological polar surface area (TPSA) is 70.1 Å². The Bertz CT molecular complexity index is 1320. The lowest BCUT2D eigenvalue weighted by Gasteiger charge is -2.41. The lowest BCUT2D eigenvalue weighted by Crippen LogP contribution is -2.43. The largest absolute Gasteiger partial charge is 0.544 e. The summed E-state index contributed by atoms with van der Waals surface area (Å²) in [6, 6.07) is 13.2. The molecule has 2 aliphatic rings. The Balaban J connectivity index is 0.000000387. The van der Waals surface area contributed by atoms with Crippen molar-refractivity contribution in [3.05, 3.63) is 87.5 Å². The number of benzene rings is 2. The summed E-state index contributed by atoms with van der Waals surface area (Å²) in [6.07, 6.45) is -4.50. The van der Waals surface area contributed by atoms with E-state index in [1.54, 1.807) is 32.6 Å². The van der Waals surface area contributed by atoms with Gasteiger partial charge in [0.15, 0.2) is 0 Å². The Labute approximate surface area is 228 Å². The average molecular weight is 564 g/mol. The number of rotatable bonds is 6. The van der Waals surface area contributed by atoms with E-state index < -0.39 is 31.2 Å². The summed E-state index contributed by atoms with van der Waals surface area (Å²) in [5.41, 5.74) is 1.52. The predicted molar refractivity (Wildman–Crippen MR) is 146 cm³/mol. The quantitative estimate of drug-likeness (QED) is 0.298. The fraction of sp³-hybridized carbons (Fsp3) is 0.414. The standard InChI is InChI=1S/C21H25F3NO4P.C8H9N/c1-6-20(15-10-9-11-16(12-15)21(22,23)24)17(19(26)29-8-3)13(4)25(7-2)14(5)18(20)30(27)28;1-9-6-7-3-2-4-8(9)5-7/h9-12H,6-8H2,1-5H3;2-5H,6H2,1H3/p+1. The van der Waals surface area contributed by atoms with Crippen molar-refractivity contribution in [2.45, 2.75) is 59.2 Å². The van der Waals surface area contributed by atoms with Crippen LogP contribution >= 0.6 is 8.03 Å². The van der Waals surface area contributed by atoms with E-state index in [1.807, 2.05) is 6.92 Å². The molecule has 10 heteroatoms. The molecule has 2 heterocycles. The van der Waals surface area contributed by atoms with Crippen molar-refractivity contribution in [3.63, 3.8) is 0 Å². The van der Waals surface area contributed by atoms with Gasteiger partial charge >= 0.3 is 20.2 Å². The van der Waals surface area contributed by atoms with E-state index >= 15 is 0 Å². The number of fused-ring (bicyclic) bond motifs is 2. The highest BCUT2D eigenvalue weighted by Crippen LogP contribution is 2.57. The molecule has 210 valence electrons. The van der Waals surface area contributed by atoms with Crippen LogP contribution in [0.4, 0.5) is 18.9 Å². The number of carbonyl (C=O) groups excluding carboxylic acids is 1. The Morgan fingerprint density at radius 1 is 1.08 bits per heavy atom. The zero-order chi connectivity index (χ0) is 29.1. The molecule has 2 aliphatic heterocycles. The van der Waals surface area contributed by atoms with Gasteiger partial charge in [0, 0.05) is 31.5 Å². The Kier molecular flexibility index (Phi) is 9.29. The molecule has 0 saturated heterocycles. The van der Waals surface area contributed by atoms with Gasteiger partial charge in [0.1, 0.15) is 5.41 Å². The van der Waals surface area contributed by atoms with Crippen LogP contribution in [0, 0.1) is 0 Å². The van der Waals surface area contributed by atoms with Crippen LogP contribution in [0.1, 0.15) is 57.7 Å². The van der Waals surface area contributed by atoms with Crippen LogP contribution in [0.3, 0.4) is 0 Å². The van der Waals surface area contributed by atoms with Crippen molar-refractivity contribution in [2.24, 2.45) is 0 Å². The van der Waals surface area contributed by atoms with Gasteiger partial charge in [-0.25, -0.2) is 4.79 Å². The smallest absolute Gasteiger partial charge is 0.463 e. The average Bonchev–Trinajstić information content (AvgIpc) is 3.13. The molecule has 2 aromatic carbocycles. The SMILES string of the molecule is CCOC(=O)C1=C(C)N(CC)C(C)=C([P+](=O)O)C1(CC)c1cccc(C(F)(F)F)c1.CN1Cc2cccc1c2. The van der Waals surface area contributed by atoms with E-state index in [0.717, 1.165) is 18.7 Å². The third-order valence-corrected chi connectivity index (χ3v) is 8.40. The van der Waals surface area contributed by atoms with Crippen molar-refractivity contribution in [2.75, 3.05) is 25.1 Å². The van der Waals surface area contributed by atoms with Crippen molar-refractivity contribution >= 4 is 19.7 Å². The fourth-order valence-electron chi connectivity index (χ4n) is 5.60. The van der Waals surface area contributed by atoms with Crippen molar-refractivity contribution < 1.29 is 32.2 Å². The van der Waals surface area contributed by atoms with Crippen LogP contribution in [-0.2, 0) is 32.2 Å². The van der Waals surface area contributed by atoms with Gasteiger partial charge in [-0.3, -0.25) is 0 Å². The predicted octanol–water partition coefficient (Wildman–Crippen LogP) is 7.13. The van der Waals surface area contributed by atoms with Gasteiger partial charge in [-0.15, -0.1) is 0 Å². The summed E-state index contributed by atoms with van der Waals surface area (Å²) in [5, 5.41) is 0.0230. The van der Waals surface area contributed by atoms with Gasteiger partial charge in [0.25, 0.3) is 0 Å². The Morgan fingerprint density at radius 3 is 2.26 bits per heavy atom. The molecular weight excluding hydrogens is 528 g/mol. The number of esters is 1. The summed E-state index contributed by atoms with van der Waals surface area (Å²) >= 11 is 0. The van der Waals surface area contributed by atoms with Crippen molar-refractivity contribution in [3.8, 4) is 0 Å². The maximum atomic E-state index is 13.4. The third-order valence-electron chi connectivity index (χ3n) is 7.32. The Hall–Kier alpha value is -3.16. The minimum atomic E-state index is -4.60. The lowest BCUT2D eigenvalue weighted by molar-refractivity contribution is -0.139. The maximum absolute atomic E-state index is 13.4. The number of ether oxygens (including phenoxy) is 1. The molecule has 2 unspecified atom stereocenters. The number of hydrogen-bond acceptors (Lipinski definition) is 5. The first kappa shape index (κ1) is 30.4. The van der Waals surface area contributed by atoms with Crippen molar-refractivity contribution in [1.82, 2.24) is 4.90 Å². The summed E-state index contributed by atoms with van der Waals surface area (Å²) in [6.45, 7) is 10.0. The second kappa shape index (κ2) is 11.9. The van der Waals surface area contributed by atoms with Crippen LogP contribution in [0.25, 0.3) is 0 Å². The van der Waals surface area contributed by atoms with Crippen molar-refractivity contribution in [1.29, 1.82) is 0 Å². The molecule has 6 nitrogen and oxygen atoms in total. The molecule has 0 aliphatic carbocycles. The van der Waals surface area contributed by atoms with Crippen LogP contribution in [0.5, 0.6) is 0 Å². The first-order valence-corrected chi connectivity index (χ1v) is 14.1. The summed E-state index contributed by atoms with van der Waals surface area (Å²) in [5.74, 6) is -0.713. The molecule has 2 aromatic rings. The molecule has 1 N–H and O–H groups in total. The number of allylic oxidation sites excluding steroid dienone is 3. The number of nitrogens with zero attached hydrogens (tertiary/aromatic N) is 2. The normalized spacial score (nSPS) is 19.2. The van der Waals surface area contributed by atoms with E-state index in [4.69, 9.17) is 4.74 Å². The van der Waals surface area contributed by atoms with Gasteiger partial charge in [0.2, 0.25) is 5.31 Å². The summed E-state index contributed by atoms with van der Waals surface area (Å²) in [7, 11) is -0.847. The minimum Gasteiger partial charge on any atom is -0.463 e. The van der Waals surface area contributed by atoms with Gasteiger partial charge < -0.3 is 14.5 Å². The second-order valence-corrected chi connectivity index (χ2v) is 10.5. The highest BCUT2D eigenvalue weighted by Gasteiger charge is 2.57. The molecule has 0 spiro atoms. The summed E-state index contributed by atoms with van der Waals surface area (Å²) in [4.78, 5) is 27.3. The van der Waals surface area contributed by atoms with Crippen LogP contribution in [0.2, 0.25) is 0 Å². The molecule has 0 aromatic heterocycles. The fourth-order valence-corrected chi connectivity index (χ4v) is 6.72. The molecule has 0 radical (unpaired) electrons. The second-order valence-electron chi connectivity index (χ2n) is 9.50. The number of carbonyl (C=O) groups is 1. The summed E-state index contributed by atoms with van der Waals surface area (Å²) < 4.78 is 58.1. The van der Waals surface area contributed by atoms with E-state index in [2.05, 4.69) is 36.2 Å². The molecule has 2 atom stereocenters. The monoisotopic (exact) mass is 563 g/mol. The van der Waals surface area contributed by atoms with Crippen LogP contribution in [-0.4, -0.2) is 36.0 Å². The van der Waals surface area contributed by atoms with Gasteiger partial charge in [-0.1, -0.05) is 37.3 Å². The van der Waals surface area contributed by atoms with E-state index in [9.17, 15) is 27.4 Å². The Morgan fingerprint density at radius 2 is 1.74 bits per heavy atom. The first-order chi connectivity index (χ1) is 18.3. The third kappa shape index (κ3) is 5.75. The zero-order valence-corrected chi connectivity index (χ0v) is 24.0. The minimum absolute atomic E-state index is 0.0230.